The van der Waals surface area contributed by atoms with Crippen LogP contribution in [0.5, 0.6) is 0 Å². The molecule has 0 radical (unpaired) electrons. The molecule has 9 heteroatoms. The number of aromatic nitrogens is 3. The molecule has 3 aromatic heterocycles. The Bertz CT molecular complexity index is 1460. The Morgan fingerprint density at radius 1 is 1.16 bits per heavy atom. The number of carbonyl (C=O) groups excluding carboxylic acids is 1. The minimum absolute atomic E-state index is 0.112. The molecule has 0 aliphatic carbocycles. The normalized spacial score (nSPS) is 11.3. The van der Waals surface area contributed by atoms with Crippen molar-refractivity contribution in [2.45, 2.75) is 6.54 Å². The third-order valence-electron chi connectivity index (χ3n) is 4.82. The standard InChI is InChI=1S/C22H15FN4O3S/c23-16-6-3-8-18-19(16)25-22(31-18)27(12-11-26-10-4-9-24-26)20(28)15-13-14-5-1-2-7-17(14)30-21(15)29/h1-10,13H,11-12H2. The van der Waals surface area contributed by atoms with Crippen molar-refractivity contribution < 1.29 is 13.6 Å². The lowest BCUT2D eigenvalue weighted by Gasteiger charge is -2.19. The van der Waals surface area contributed by atoms with E-state index < -0.39 is 17.3 Å². The molecule has 0 aliphatic heterocycles. The minimum atomic E-state index is -0.736. The zero-order valence-corrected chi connectivity index (χ0v) is 16.9. The summed E-state index contributed by atoms with van der Waals surface area (Å²) in [6, 6.07) is 14.9. The largest absolute Gasteiger partial charge is 0.422 e. The number of carbonyl (C=O) groups is 1. The Balaban J connectivity index is 1.59. The van der Waals surface area contributed by atoms with Gasteiger partial charge in [0.25, 0.3) is 5.91 Å². The number of benzene rings is 2. The van der Waals surface area contributed by atoms with Crippen molar-refractivity contribution >= 4 is 43.6 Å². The highest BCUT2D eigenvalue weighted by Gasteiger charge is 2.25. The molecule has 31 heavy (non-hydrogen) atoms. The van der Waals surface area contributed by atoms with Crippen LogP contribution in [0.2, 0.25) is 0 Å². The number of hydrogen-bond donors (Lipinski definition) is 0. The van der Waals surface area contributed by atoms with Gasteiger partial charge in [-0.25, -0.2) is 14.2 Å². The van der Waals surface area contributed by atoms with Gasteiger partial charge in [0.2, 0.25) is 0 Å². The van der Waals surface area contributed by atoms with Gasteiger partial charge < -0.3 is 4.42 Å². The van der Waals surface area contributed by atoms with E-state index in [9.17, 15) is 14.0 Å². The second kappa shape index (κ2) is 7.77. The van der Waals surface area contributed by atoms with E-state index in [0.29, 0.717) is 27.3 Å². The van der Waals surface area contributed by atoms with Crippen molar-refractivity contribution in [3.8, 4) is 0 Å². The average Bonchev–Trinajstić information content (AvgIpc) is 3.44. The highest BCUT2D eigenvalue weighted by Crippen LogP contribution is 2.31. The summed E-state index contributed by atoms with van der Waals surface area (Å²) < 4.78 is 21.8. The first-order valence-corrected chi connectivity index (χ1v) is 10.3. The van der Waals surface area contributed by atoms with Gasteiger partial charge in [-0.1, -0.05) is 35.6 Å². The molecule has 0 spiro atoms. The monoisotopic (exact) mass is 434 g/mol. The van der Waals surface area contributed by atoms with Crippen LogP contribution < -0.4 is 10.5 Å². The lowest BCUT2D eigenvalue weighted by Crippen LogP contribution is -2.36. The zero-order chi connectivity index (χ0) is 21.4. The fraction of sp³-hybridized carbons (Fsp3) is 0.0909. The van der Waals surface area contributed by atoms with Crippen LogP contribution in [-0.4, -0.2) is 27.2 Å². The molecule has 0 saturated carbocycles. The van der Waals surface area contributed by atoms with Crippen LogP contribution in [0.4, 0.5) is 9.52 Å². The highest BCUT2D eigenvalue weighted by atomic mass is 32.1. The van der Waals surface area contributed by atoms with Crippen LogP contribution >= 0.6 is 11.3 Å². The van der Waals surface area contributed by atoms with E-state index in [4.69, 9.17) is 4.42 Å². The molecule has 0 N–H and O–H groups in total. The van der Waals surface area contributed by atoms with Gasteiger partial charge in [-0.05, 0) is 30.3 Å². The molecule has 0 unspecified atom stereocenters. The fourth-order valence-electron chi connectivity index (χ4n) is 3.29. The van der Waals surface area contributed by atoms with Crippen LogP contribution in [0.25, 0.3) is 21.2 Å². The topological polar surface area (TPSA) is 81.2 Å². The summed E-state index contributed by atoms with van der Waals surface area (Å²) in [7, 11) is 0. The number of thiazole rings is 1. The van der Waals surface area contributed by atoms with Crippen molar-refractivity contribution in [3.63, 3.8) is 0 Å². The molecular weight excluding hydrogens is 419 g/mol. The summed E-state index contributed by atoms with van der Waals surface area (Å²) in [5, 5.41) is 5.08. The number of fused-ring (bicyclic) bond motifs is 2. The molecule has 0 aliphatic rings. The van der Waals surface area contributed by atoms with Crippen molar-refractivity contribution in [2.24, 2.45) is 0 Å². The summed E-state index contributed by atoms with van der Waals surface area (Å²) in [5.41, 5.74) is -0.266. The summed E-state index contributed by atoms with van der Waals surface area (Å²) in [4.78, 5) is 31.7. The number of para-hydroxylation sites is 2. The van der Waals surface area contributed by atoms with Crippen molar-refractivity contribution in [1.29, 1.82) is 0 Å². The van der Waals surface area contributed by atoms with Crippen molar-refractivity contribution in [3.05, 3.63) is 88.8 Å². The van der Waals surface area contributed by atoms with E-state index in [1.807, 2.05) is 0 Å². The SMILES string of the molecule is O=C(c1cc2ccccc2oc1=O)N(CCn1cccn1)c1nc2c(F)cccc2s1. The summed E-state index contributed by atoms with van der Waals surface area (Å²) in [5.74, 6) is -1.03. The number of nitrogens with zero attached hydrogens (tertiary/aromatic N) is 4. The van der Waals surface area contributed by atoms with Crippen LogP contribution in [0, 0.1) is 5.82 Å². The van der Waals surface area contributed by atoms with Gasteiger partial charge in [0.1, 0.15) is 22.5 Å². The van der Waals surface area contributed by atoms with E-state index in [1.165, 1.54) is 28.4 Å². The fourth-order valence-corrected chi connectivity index (χ4v) is 4.30. The van der Waals surface area contributed by atoms with Crippen molar-refractivity contribution in [2.75, 3.05) is 11.4 Å². The average molecular weight is 434 g/mol. The van der Waals surface area contributed by atoms with Gasteiger partial charge in [0, 0.05) is 24.3 Å². The quantitative estimate of drug-likeness (QED) is 0.389. The maximum atomic E-state index is 14.2. The first kappa shape index (κ1) is 19.1. The number of anilines is 1. The van der Waals surface area contributed by atoms with Crippen LogP contribution in [0.1, 0.15) is 10.4 Å². The molecule has 1 amide bonds. The summed E-state index contributed by atoms with van der Waals surface area (Å²) >= 11 is 1.18. The van der Waals surface area contributed by atoms with E-state index in [-0.39, 0.29) is 17.6 Å². The molecule has 5 aromatic rings. The molecule has 3 heterocycles. The van der Waals surface area contributed by atoms with Crippen LogP contribution in [0.3, 0.4) is 0 Å². The highest BCUT2D eigenvalue weighted by molar-refractivity contribution is 7.22. The number of amides is 1. The van der Waals surface area contributed by atoms with E-state index in [2.05, 4.69) is 10.1 Å². The number of halogens is 1. The molecular formula is C22H15FN4O3S. The molecule has 7 nitrogen and oxygen atoms in total. The van der Waals surface area contributed by atoms with E-state index >= 15 is 0 Å². The molecule has 0 bridgehead atoms. The van der Waals surface area contributed by atoms with Gasteiger partial charge in [-0.2, -0.15) is 5.10 Å². The predicted molar refractivity (Wildman–Crippen MR) is 116 cm³/mol. The Morgan fingerprint density at radius 2 is 2.03 bits per heavy atom. The molecule has 0 fully saturated rings. The van der Waals surface area contributed by atoms with Crippen molar-refractivity contribution in [1.82, 2.24) is 14.8 Å². The molecule has 0 saturated heterocycles. The molecule has 2 aromatic carbocycles. The Kier molecular flexibility index (Phi) is 4.79. The minimum Gasteiger partial charge on any atom is -0.422 e. The second-order valence-electron chi connectivity index (χ2n) is 6.79. The first-order valence-electron chi connectivity index (χ1n) is 9.47. The summed E-state index contributed by atoms with van der Waals surface area (Å²) in [6.45, 7) is 0.560. The van der Waals surface area contributed by atoms with Gasteiger partial charge >= 0.3 is 5.63 Å². The lowest BCUT2D eigenvalue weighted by molar-refractivity contribution is 0.0982. The van der Waals surface area contributed by atoms with E-state index in [1.54, 1.807) is 59.5 Å². The van der Waals surface area contributed by atoms with Gasteiger partial charge in [-0.3, -0.25) is 14.4 Å². The van der Waals surface area contributed by atoms with Crippen LogP contribution in [-0.2, 0) is 6.54 Å². The van der Waals surface area contributed by atoms with E-state index in [0.717, 1.165) is 0 Å². The Morgan fingerprint density at radius 3 is 2.84 bits per heavy atom. The molecule has 0 atom stereocenters. The number of hydrogen-bond acceptors (Lipinski definition) is 6. The van der Waals surface area contributed by atoms with Gasteiger partial charge in [0.05, 0.1) is 11.2 Å². The third-order valence-corrected chi connectivity index (χ3v) is 5.86. The second-order valence-corrected chi connectivity index (χ2v) is 7.80. The van der Waals surface area contributed by atoms with Crippen LogP contribution in [0.15, 0.2) is 76.2 Å². The molecule has 5 rings (SSSR count). The van der Waals surface area contributed by atoms with Gasteiger partial charge in [0.15, 0.2) is 5.13 Å². The third kappa shape index (κ3) is 3.59. The number of rotatable bonds is 5. The zero-order valence-electron chi connectivity index (χ0n) is 16.1. The Labute approximate surface area is 179 Å². The predicted octanol–water partition coefficient (Wildman–Crippen LogP) is 4.09. The first-order chi connectivity index (χ1) is 15.1. The maximum Gasteiger partial charge on any atom is 0.349 e. The maximum absolute atomic E-state index is 14.2. The van der Waals surface area contributed by atoms with Gasteiger partial charge in [-0.15, -0.1) is 0 Å². The molecule has 154 valence electrons. The summed E-state index contributed by atoms with van der Waals surface area (Å²) in [6.07, 6.45) is 3.41. The lowest BCUT2D eigenvalue weighted by atomic mass is 10.1. The smallest absolute Gasteiger partial charge is 0.349 e. The Hall–Kier alpha value is -3.85.